The molecule has 3 nitrogen and oxygen atoms in total. The highest BCUT2D eigenvalue weighted by Gasteiger charge is 2.60. The predicted molar refractivity (Wildman–Crippen MR) is 87.3 cm³/mol. The minimum Gasteiger partial charge on any atom is -0.369 e. The summed E-state index contributed by atoms with van der Waals surface area (Å²) in [5.41, 5.74) is -6.75. The maximum atomic E-state index is 14.0. The Labute approximate surface area is 162 Å². The number of carbonyl (C=O) groups excluding carboxylic acids is 1. The van der Waals surface area contributed by atoms with Gasteiger partial charge in [-0.25, -0.2) is 4.39 Å². The summed E-state index contributed by atoms with van der Waals surface area (Å²) in [7, 11) is 0. The van der Waals surface area contributed by atoms with Crippen molar-refractivity contribution in [1.82, 2.24) is 5.32 Å². The number of aliphatic hydroxyl groups is 1. The molecule has 152 valence electrons. The maximum absolute atomic E-state index is 14.0. The third kappa shape index (κ3) is 4.30. The second kappa shape index (κ2) is 7.70. The number of rotatable bonds is 4. The molecule has 0 aromatic heterocycles. The van der Waals surface area contributed by atoms with E-state index in [1.54, 1.807) is 5.32 Å². The van der Waals surface area contributed by atoms with Gasteiger partial charge in [-0.1, -0.05) is 30.3 Å². The number of amides is 1. The number of benzene rings is 2. The summed E-state index contributed by atoms with van der Waals surface area (Å²) in [4.78, 5) is 12.1. The van der Waals surface area contributed by atoms with Crippen LogP contribution in [0, 0.1) is 5.82 Å². The van der Waals surface area contributed by atoms with Gasteiger partial charge in [-0.15, -0.1) is 0 Å². The Kier molecular flexibility index (Phi) is 6.10. The topological polar surface area (TPSA) is 49.3 Å². The van der Waals surface area contributed by atoms with Crippen LogP contribution >= 0.6 is 15.9 Å². The standard InChI is InChI=1S/C17H11BrF7NO2/c18-12-7-11(16(20,21)22)6-9(13(12)19)8-26-14(27)15(28,17(23,24)25)10-4-2-1-3-5-10/h1-7,28H,8H2,(H,26,27)/t15-/m1/s1. The van der Waals surface area contributed by atoms with Crippen molar-refractivity contribution in [3.63, 3.8) is 0 Å². The van der Waals surface area contributed by atoms with Gasteiger partial charge in [0.15, 0.2) is 0 Å². The van der Waals surface area contributed by atoms with Crippen molar-refractivity contribution < 1.29 is 40.6 Å². The van der Waals surface area contributed by atoms with Gasteiger partial charge in [-0.2, -0.15) is 26.3 Å². The van der Waals surface area contributed by atoms with E-state index in [4.69, 9.17) is 0 Å². The number of halogens is 8. The lowest BCUT2D eigenvalue weighted by atomic mass is 9.92. The second-order valence-corrected chi connectivity index (χ2v) is 6.54. The normalized spacial score (nSPS) is 14.5. The van der Waals surface area contributed by atoms with Crippen LogP contribution in [0.5, 0.6) is 0 Å². The molecule has 0 unspecified atom stereocenters. The van der Waals surface area contributed by atoms with Crippen LogP contribution in [0.25, 0.3) is 0 Å². The van der Waals surface area contributed by atoms with Crippen molar-refractivity contribution >= 4 is 21.8 Å². The summed E-state index contributed by atoms with van der Waals surface area (Å²) in [5.74, 6) is -3.15. The maximum Gasteiger partial charge on any atom is 0.430 e. The SMILES string of the molecule is O=C(NCc1cc(C(F)(F)F)cc(Br)c1F)[C@](O)(c1ccccc1)C(F)(F)F. The van der Waals surface area contributed by atoms with Crippen LogP contribution in [0.15, 0.2) is 46.9 Å². The van der Waals surface area contributed by atoms with Gasteiger partial charge in [0.05, 0.1) is 10.0 Å². The number of hydrogen-bond acceptors (Lipinski definition) is 2. The van der Waals surface area contributed by atoms with E-state index >= 15 is 0 Å². The monoisotopic (exact) mass is 473 g/mol. The van der Waals surface area contributed by atoms with Crippen molar-refractivity contribution in [3.8, 4) is 0 Å². The molecule has 0 aliphatic heterocycles. The summed E-state index contributed by atoms with van der Waals surface area (Å²) in [6, 6.07) is 6.19. The molecular formula is C17H11BrF7NO2. The molecule has 0 radical (unpaired) electrons. The molecule has 0 saturated heterocycles. The zero-order chi connectivity index (χ0) is 21.3. The van der Waals surface area contributed by atoms with E-state index in [0.29, 0.717) is 12.1 Å². The zero-order valence-electron chi connectivity index (χ0n) is 13.6. The lowest BCUT2D eigenvalue weighted by Gasteiger charge is -2.29. The average molecular weight is 474 g/mol. The molecular weight excluding hydrogens is 463 g/mol. The van der Waals surface area contributed by atoms with Crippen LogP contribution in [0.3, 0.4) is 0 Å². The Morgan fingerprint density at radius 3 is 2.07 bits per heavy atom. The fourth-order valence-electron chi connectivity index (χ4n) is 2.34. The Morgan fingerprint density at radius 2 is 1.57 bits per heavy atom. The van der Waals surface area contributed by atoms with E-state index < -0.39 is 57.4 Å². The first-order valence-electron chi connectivity index (χ1n) is 7.46. The summed E-state index contributed by atoms with van der Waals surface area (Å²) >= 11 is 2.59. The first kappa shape index (κ1) is 22.2. The van der Waals surface area contributed by atoms with Crippen molar-refractivity contribution in [2.24, 2.45) is 0 Å². The fraction of sp³-hybridized carbons (Fsp3) is 0.235. The molecule has 28 heavy (non-hydrogen) atoms. The van der Waals surface area contributed by atoms with Crippen molar-refractivity contribution in [1.29, 1.82) is 0 Å². The number of carbonyl (C=O) groups is 1. The van der Waals surface area contributed by atoms with Crippen LogP contribution in [0.4, 0.5) is 30.7 Å². The third-order valence-electron chi connectivity index (χ3n) is 3.80. The molecule has 0 spiro atoms. The van der Waals surface area contributed by atoms with Gasteiger partial charge in [-0.3, -0.25) is 4.79 Å². The van der Waals surface area contributed by atoms with Crippen molar-refractivity contribution in [2.45, 2.75) is 24.5 Å². The van der Waals surface area contributed by atoms with Gasteiger partial charge < -0.3 is 10.4 Å². The number of alkyl halides is 6. The van der Waals surface area contributed by atoms with Crippen LogP contribution in [0.1, 0.15) is 16.7 Å². The average Bonchev–Trinajstić information content (AvgIpc) is 2.60. The quantitative estimate of drug-likeness (QED) is 0.633. The smallest absolute Gasteiger partial charge is 0.369 e. The Morgan fingerprint density at radius 1 is 1.00 bits per heavy atom. The van der Waals surface area contributed by atoms with Gasteiger partial charge >= 0.3 is 12.4 Å². The molecule has 1 amide bonds. The number of nitrogens with one attached hydrogen (secondary N) is 1. The first-order valence-corrected chi connectivity index (χ1v) is 8.26. The first-order chi connectivity index (χ1) is 12.8. The predicted octanol–water partition coefficient (Wildman–Crippen LogP) is 4.67. The fourth-order valence-corrected chi connectivity index (χ4v) is 2.85. The van der Waals surface area contributed by atoms with Crippen LogP contribution in [0.2, 0.25) is 0 Å². The van der Waals surface area contributed by atoms with E-state index in [2.05, 4.69) is 15.9 Å². The molecule has 0 heterocycles. The van der Waals surface area contributed by atoms with E-state index in [0.717, 1.165) is 24.3 Å². The summed E-state index contributed by atoms with van der Waals surface area (Å²) < 4.78 is 92.1. The molecule has 2 N–H and O–H groups in total. The second-order valence-electron chi connectivity index (χ2n) is 5.69. The van der Waals surface area contributed by atoms with Gasteiger partial charge in [-0.05, 0) is 28.1 Å². The lowest BCUT2D eigenvalue weighted by Crippen LogP contribution is -2.54. The molecule has 0 aliphatic carbocycles. The van der Waals surface area contributed by atoms with Gasteiger partial charge in [0.2, 0.25) is 0 Å². The van der Waals surface area contributed by atoms with Gasteiger partial charge in [0.1, 0.15) is 5.82 Å². The highest BCUT2D eigenvalue weighted by atomic mass is 79.9. The Balaban J connectivity index is 2.35. The summed E-state index contributed by atoms with van der Waals surface area (Å²) in [6.45, 7) is -1.02. The highest BCUT2D eigenvalue weighted by Crippen LogP contribution is 2.39. The number of hydrogen-bond donors (Lipinski definition) is 2. The van der Waals surface area contributed by atoms with E-state index in [-0.39, 0.29) is 0 Å². The summed E-state index contributed by atoms with van der Waals surface area (Å²) in [6.07, 6.45) is -10.3. The molecule has 0 aliphatic rings. The molecule has 11 heteroatoms. The molecule has 2 rings (SSSR count). The third-order valence-corrected chi connectivity index (χ3v) is 4.38. The van der Waals surface area contributed by atoms with Crippen LogP contribution in [-0.4, -0.2) is 17.2 Å². The van der Waals surface area contributed by atoms with Gasteiger partial charge in [0, 0.05) is 17.7 Å². The largest absolute Gasteiger partial charge is 0.430 e. The van der Waals surface area contributed by atoms with Crippen LogP contribution < -0.4 is 5.32 Å². The molecule has 0 bridgehead atoms. The van der Waals surface area contributed by atoms with Crippen molar-refractivity contribution in [3.05, 3.63) is 69.4 Å². The van der Waals surface area contributed by atoms with E-state index in [9.17, 15) is 40.6 Å². The lowest BCUT2D eigenvalue weighted by molar-refractivity contribution is -0.257. The minimum absolute atomic E-state index is 0.357. The van der Waals surface area contributed by atoms with Gasteiger partial charge in [0.25, 0.3) is 11.5 Å². The summed E-state index contributed by atoms with van der Waals surface area (Å²) in [5, 5.41) is 11.7. The van der Waals surface area contributed by atoms with Crippen LogP contribution in [-0.2, 0) is 23.1 Å². The molecule has 1 atom stereocenters. The molecule has 2 aromatic carbocycles. The van der Waals surface area contributed by atoms with E-state index in [1.165, 1.54) is 6.07 Å². The molecule has 0 saturated carbocycles. The molecule has 2 aromatic rings. The van der Waals surface area contributed by atoms with E-state index in [1.807, 2.05) is 0 Å². The van der Waals surface area contributed by atoms with Crippen molar-refractivity contribution in [2.75, 3.05) is 0 Å². The Hall–Kier alpha value is -2.14. The Bertz CT molecular complexity index is 868. The highest BCUT2D eigenvalue weighted by molar-refractivity contribution is 9.10. The minimum atomic E-state index is -5.44. The zero-order valence-corrected chi connectivity index (χ0v) is 15.2. The molecule has 0 fully saturated rings.